The van der Waals surface area contributed by atoms with Crippen LogP contribution >= 0.6 is 0 Å². The molecule has 0 aromatic rings. The minimum Gasteiger partial charge on any atom is -0.383 e. The minimum atomic E-state index is 0.532. The van der Waals surface area contributed by atoms with Gasteiger partial charge in [-0.3, -0.25) is 9.89 Å². The Kier molecular flexibility index (Phi) is 7.00. The van der Waals surface area contributed by atoms with Crippen LogP contribution in [0.3, 0.4) is 0 Å². The maximum absolute atomic E-state index is 5.00. The van der Waals surface area contributed by atoms with E-state index in [0.29, 0.717) is 12.6 Å². The summed E-state index contributed by atoms with van der Waals surface area (Å²) in [5, 5.41) is 6.58. The molecule has 0 amide bonds. The molecule has 18 heavy (non-hydrogen) atoms. The Morgan fingerprint density at radius 3 is 2.78 bits per heavy atom. The summed E-state index contributed by atoms with van der Waals surface area (Å²) < 4.78 is 5.00. The van der Waals surface area contributed by atoms with E-state index in [0.717, 1.165) is 38.7 Å². The first-order chi connectivity index (χ1) is 8.67. The molecule has 0 spiro atoms. The molecule has 0 bridgehead atoms. The van der Waals surface area contributed by atoms with Gasteiger partial charge in [0, 0.05) is 52.9 Å². The predicted molar refractivity (Wildman–Crippen MR) is 75.2 cm³/mol. The number of nitrogens with one attached hydrogen (secondary N) is 2. The van der Waals surface area contributed by atoms with E-state index in [4.69, 9.17) is 4.74 Å². The summed E-state index contributed by atoms with van der Waals surface area (Å²) in [6.07, 6.45) is 0. The van der Waals surface area contributed by atoms with Crippen LogP contribution in [0.15, 0.2) is 4.99 Å². The van der Waals surface area contributed by atoms with Gasteiger partial charge in [-0.05, 0) is 14.1 Å². The number of hydrogen-bond donors (Lipinski definition) is 2. The Balaban J connectivity index is 2.28. The molecule has 1 rings (SSSR count). The molecule has 1 aliphatic rings. The summed E-state index contributed by atoms with van der Waals surface area (Å²) in [6.45, 7) is 5.74. The average molecular weight is 257 g/mol. The number of ether oxygens (including phenoxy) is 1. The minimum absolute atomic E-state index is 0.532. The third-order valence-corrected chi connectivity index (χ3v) is 3.31. The quantitative estimate of drug-likeness (QED) is 0.378. The number of rotatable bonds is 5. The van der Waals surface area contributed by atoms with E-state index < -0.39 is 0 Å². The fourth-order valence-corrected chi connectivity index (χ4v) is 2.03. The molecule has 0 aromatic carbocycles. The molecule has 0 radical (unpaired) electrons. The first kappa shape index (κ1) is 15.2. The zero-order valence-electron chi connectivity index (χ0n) is 12.1. The second-order valence-electron chi connectivity index (χ2n) is 4.77. The van der Waals surface area contributed by atoms with Crippen LogP contribution in [0.4, 0.5) is 0 Å². The summed E-state index contributed by atoms with van der Waals surface area (Å²) in [5.41, 5.74) is 0. The van der Waals surface area contributed by atoms with Gasteiger partial charge in [-0.1, -0.05) is 0 Å². The van der Waals surface area contributed by atoms with E-state index in [-0.39, 0.29) is 0 Å². The van der Waals surface area contributed by atoms with Crippen molar-refractivity contribution in [3.05, 3.63) is 0 Å². The van der Waals surface area contributed by atoms with Crippen molar-refractivity contribution in [2.24, 2.45) is 4.99 Å². The number of likely N-dealkylation sites (N-methyl/N-ethyl adjacent to an activating group) is 2. The molecular formula is C12H27N5O. The van der Waals surface area contributed by atoms with Gasteiger partial charge in [0.25, 0.3) is 0 Å². The SMILES string of the molecule is CN=C(NCCOC)NCC1CN(C)CCN1C. The van der Waals surface area contributed by atoms with Crippen LogP contribution in [0.1, 0.15) is 0 Å². The number of methoxy groups -OCH3 is 1. The predicted octanol–water partition coefficient (Wildman–Crippen LogP) is -0.956. The second-order valence-corrected chi connectivity index (χ2v) is 4.77. The lowest BCUT2D eigenvalue weighted by atomic mass is 10.2. The van der Waals surface area contributed by atoms with E-state index in [1.54, 1.807) is 14.2 Å². The van der Waals surface area contributed by atoms with Gasteiger partial charge in [0.15, 0.2) is 5.96 Å². The van der Waals surface area contributed by atoms with Crippen LogP contribution in [0.5, 0.6) is 0 Å². The summed E-state index contributed by atoms with van der Waals surface area (Å²) in [5.74, 6) is 0.841. The Hall–Kier alpha value is -0.850. The average Bonchev–Trinajstić information content (AvgIpc) is 2.37. The molecule has 1 saturated heterocycles. The van der Waals surface area contributed by atoms with Gasteiger partial charge < -0.3 is 20.3 Å². The van der Waals surface area contributed by atoms with Gasteiger partial charge in [-0.2, -0.15) is 0 Å². The maximum Gasteiger partial charge on any atom is 0.191 e. The molecule has 0 aromatic heterocycles. The molecule has 2 N–H and O–H groups in total. The summed E-state index contributed by atoms with van der Waals surface area (Å²) in [4.78, 5) is 8.96. The van der Waals surface area contributed by atoms with Crippen LogP contribution in [-0.4, -0.2) is 89.4 Å². The van der Waals surface area contributed by atoms with Crippen molar-refractivity contribution in [2.45, 2.75) is 6.04 Å². The molecular weight excluding hydrogens is 230 g/mol. The van der Waals surface area contributed by atoms with E-state index in [1.807, 2.05) is 0 Å². The lowest BCUT2D eigenvalue weighted by Gasteiger charge is -2.37. The van der Waals surface area contributed by atoms with Crippen molar-refractivity contribution in [1.29, 1.82) is 0 Å². The van der Waals surface area contributed by atoms with Crippen molar-refractivity contribution < 1.29 is 4.74 Å². The molecule has 1 aliphatic heterocycles. The lowest BCUT2D eigenvalue weighted by molar-refractivity contribution is 0.116. The highest BCUT2D eigenvalue weighted by atomic mass is 16.5. The largest absolute Gasteiger partial charge is 0.383 e. The van der Waals surface area contributed by atoms with Gasteiger partial charge in [0.05, 0.1) is 6.61 Å². The number of hydrogen-bond acceptors (Lipinski definition) is 4. The molecule has 6 nitrogen and oxygen atoms in total. The molecule has 1 fully saturated rings. The maximum atomic E-state index is 5.00. The molecule has 1 atom stereocenters. The fourth-order valence-electron chi connectivity index (χ4n) is 2.03. The van der Waals surface area contributed by atoms with Crippen LogP contribution in [0.2, 0.25) is 0 Å². The standard InChI is InChI=1S/C12H27N5O/c1-13-12(14-5-8-18-4)15-9-11-10-16(2)6-7-17(11)3/h11H,5-10H2,1-4H3,(H2,13,14,15). The Labute approximate surface area is 110 Å². The van der Waals surface area contributed by atoms with Crippen molar-refractivity contribution >= 4 is 5.96 Å². The van der Waals surface area contributed by atoms with E-state index in [2.05, 4.69) is 39.5 Å². The normalized spacial score (nSPS) is 23.1. The van der Waals surface area contributed by atoms with E-state index in [9.17, 15) is 0 Å². The van der Waals surface area contributed by atoms with Crippen molar-refractivity contribution in [3.63, 3.8) is 0 Å². The molecule has 0 aliphatic carbocycles. The monoisotopic (exact) mass is 257 g/mol. The topological polar surface area (TPSA) is 52.1 Å². The zero-order chi connectivity index (χ0) is 13.4. The van der Waals surface area contributed by atoms with Crippen LogP contribution in [-0.2, 0) is 4.74 Å². The summed E-state index contributed by atoms with van der Waals surface area (Å²) >= 11 is 0. The smallest absolute Gasteiger partial charge is 0.191 e. The Morgan fingerprint density at radius 2 is 2.11 bits per heavy atom. The van der Waals surface area contributed by atoms with E-state index in [1.165, 1.54) is 0 Å². The first-order valence-electron chi connectivity index (χ1n) is 6.49. The van der Waals surface area contributed by atoms with Gasteiger partial charge >= 0.3 is 0 Å². The van der Waals surface area contributed by atoms with Crippen LogP contribution in [0, 0.1) is 0 Å². The third-order valence-electron chi connectivity index (χ3n) is 3.31. The van der Waals surface area contributed by atoms with Crippen molar-refractivity contribution in [1.82, 2.24) is 20.4 Å². The Morgan fingerprint density at radius 1 is 1.33 bits per heavy atom. The summed E-state index contributed by atoms with van der Waals surface area (Å²) in [7, 11) is 7.84. The molecule has 1 unspecified atom stereocenters. The van der Waals surface area contributed by atoms with Gasteiger partial charge in [0.1, 0.15) is 0 Å². The highest BCUT2D eigenvalue weighted by Gasteiger charge is 2.21. The number of piperazine rings is 1. The number of nitrogens with zero attached hydrogens (tertiary/aromatic N) is 3. The van der Waals surface area contributed by atoms with Crippen LogP contribution < -0.4 is 10.6 Å². The van der Waals surface area contributed by atoms with Gasteiger partial charge in [0.2, 0.25) is 0 Å². The fraction of sp³-hybridized carbons (Fsp3) is 0.917. The molecule has 6 heteroatoms. The third kappa shape index (κ3) is 5.20. The lowest BCUT2D eigenvalue weighted by Crippen LogP contribution is -2.55. The van der Waals surface area contributed by atoms with Gasteiger partial charge in [-0.25, -0.2) is 0 Å². The van der Waals surface area contributed by atoms with E-state index >= 15 is 0 Å². The molecule has 1 heterocycles. The van der Waals surface area contributed by atoms with Gasteiger partial charge in [-0.15, -0.1) is 0 Å². The Bertz CT molecular complexity index is 259. The molecule has 106 valence electrons. The highest BCUT2D eigenvalue weighted by Crippen LogP contribution is 2.04. The number of guanidine groups is 1. The molecule has 0 saturated carbocycles. The highest BCUT2D eigenvalue weighted by molar-refractivity contribution is 5.79. The van der Waals surface area contributed by atoms with Crippen molar-refractivity contribution in [3.8, 4) is 0 Å². The number of aliphatic imine (C=N–C) groups is 1. The van der Waals surface area contributed by atoms with Crippen molar-refractivity contribution in [2.75, 3.05) is 67.6 Å². The second kappa shape index (κ2) is 8.29. The zero-order valence-corrected chi connectivity index (χ0v) is 12.1. The van der Waals surface area contributed by atoms with Crippen LogP contribution in [0.25, 0.3) is 0 Å². The first-order valence-corrected chi connectivity index (χ1v) is 6.49. The summed E-state index contributed by atoms with van der Waals surface area (Å²) in [6, 6.07) is 0.532.